The molecule has 0 spiro atoms. The summed E-state index contributed by atoms with van der Waals surface area (Å²) in [5, 5.41) is 2.14. The van der Waals surface area contributed by atoms with Crippen LogP contribution in [0.1, 0.15) is 52.4 Å². The maximum absolute atomic E-state index is 13.0. The zero-order valence-corrected chi connectivity index (χ0v) is 17.5. The molecule has 0 radical (unpaired) electrons. The Hall–Kier alpha value is -1.76. The van der Waals surface area contributed by atoms with E-state index in [1.807, 2.05) is 24.3 Å². The Kier molecular flexibility index (Phi) is 7.97. The van der Waals surface area contributed by atoms with Crippen LogP contribution in [0.15, 0.2) is 42.5 Å². The molecule has 0 saturated carbocycles. The number of likely N-dealkylation sites (tertiary alicyclic amines) is 1. The van der Waals surface area contributed by atoms with E-state index in [-0.39, 0.29) is 30.6 Å². The van der Waals surface area contributed by atoms with Crippen molar-refractivity contribution in [2.75, 3.05) is 13.6 Å². The number of nitrogens with one attached hydrogen (secondary N) is 1. The summed E-state index contributed by atoms with van der Waals surface area (Å²) in [7, 11) is 2.08. The third kappa shape index (κ3) is 5.44. The first-order chi connectivity index (χ1) is 13.3. The van der Waals surface area contributed by atoms with Crippen LogP contribution in [0.5, 0.6) is 0 Å². The van der Waals surface area contributed by atoms with Crippen molar-refractivity contribution < 1.29 is 18.0 Å². The molecule has 1 saturated heterocycles. The molecule has 1 N–H and O–H groups in total. The second kappa shape index (κ2) is 9.83. The van der Waals surface area contributed by atoms with Crippen LogP contribution in [0.25, 0.3) is 0 Å². The van der Waals surface area contributed by atoms with E-state index in [2.05, 4.69) is 17.3 Å². The molecular formula is C21H23Cl2F3N2O. The monoisotopic (exact) mass is 446 g/mol. The first-order valence-electron chi connectivity index (χ1n) is 9.21. The number of piperidine rings is 1. The van der Waals surface area contributed by atoms with E-state index in [4.69, 9.17) is 11.6 Å². The Bertz CT molecular complexity index is 858. The van der Waals surface area contributed by atoms with Gasteiger partial charge in [0.05, 0.1) is 16.1 Å². The van der Waals surface area contributed by atoms with Crippen LogP contribution >= 0.6 is 24.0 Å². The van der Waals surface area contributed by atoms with Crippen molar-refractivity contribution in [1.29, 1.82) is 0 Å². The van der Waals surface area contributed by atoms with E-state index in [1.165, 1.54) is 18.6 Å². The standard InChI is InChI=1S/C21H22ClF3N2O.ClH/c1-27-12-5-4-11-18(27)15-8-3-2-7-14(15)13-26-20(28)16-9-6-10-17(19(16)22)21(23,24)25;/h2-3,6-10,18H,4-5,11-13H2,1H3,(H,26,28);1H/t18-;/m0./s1. The Morgan fingerprint density at radius 2 is 1.90 bits per heavy atom. The summed E-state index contributed by atoms with van der Waals surface area (Å²) in [6.07, 6.45) is -1.25. The normalized spacial score (nSPS) is 17.5. The molecule has 1 heterocycles. The Morgan fingerprint density at radius 3 is 2.59 bits per heavy atom. The van der Waals surface area contributed by atoms with Gasteiger partial charge in [0.1, 0.15) is 0 Å². The van der Waals surface area contributed by atoms with E-state index in [1.54, 1.807) is 0 Å². The molecule has 0 aromatic heterocycles. The van der Waals surface area contributed by atoms with Crippen molar-refractivity contribution in [1.82, 2.24) is 10.2 Å². The lowest BCUT2D eigenvalue weighted by Crippen LogP contribution is -2.31. The SMILES string of the molecule is CN1CCCC[C@H]1c1ccccc1CNC(=O)c1cccc(C(F)(F)F)c1Cl.Cl. The highest BCUT2D eigenvalue weighted by molar-refractivity contribution is 6.34. The van der Waals surface area contributed by atoms with Gasteiger partial charge in [0.15, 0.2) is 0 Å². The van der Waals surface area contributed by atoms with Gasteiger partial charge in [-0.1, -0.05) is 48.4 Å². The number of amides is 1. The molecule has 0 unspecified atom stereocenters. The maximum atomic E-state index is 13.0. The summed E-state index contributed by atoms with van der Waals surface area (Å²) in [5.41, 5.74) is 0.910. The van der Waals surface area contributed by atoms with Gasteiger partial charge in [-0.2, -0.15) is 13.2 Å². The summed E-state index contributed by atoms with van der Waals surface area (Å²) >= 11 is 5.85. The third-order valence-corrected chi connectivity index (χ3v) is 5.58. The molecule has 8 heteroatoms. The van der Waals surface area contributed by atoms with E-state index in [0.29, 0.717) is 0 Å². The van der Waals surface area contributed by atoms with Crippen molar-refractivity contribution in [3.05, 3.63) is 69.7 Å². The number of hydrogen-bond donors (Lipinski definition) is 1. The summed E-state index contributed by atoms with van der Waals surface area (Å²) < 4.78 is 39.1. The van der Waals surface area contributed by atoms with Crippen molar-refractivity contribution >= 4 is 29.9 Å². The van der Waals surface area contributed by atoms with Gasteiger partial charge in [-0.15, -0.1) is 12.4 Å². The molecule has 3 rings (SSSR count). The zero-order chi connectivity index (χ0) is 20.3. The third-order valence-electron chi connectivity index (χ3n) is 5.17. The Labute approximate surface area is 179 Å². The average Bonchev–Trinajstić information content (AvgIpc) is 2.66. The average molecular weight is 447 g/mol. The van der Waals surface area contributed by atoms with Crippen molar-refractivity contribution in [2.45, 2.75) is 38.0 Å². The minimum Gasteiger partial charge on any atom is -0.348 e. The second-order valence-electron chi connectivity index (χ2n) is 7.04. The molecule has 2 aromatic rings. The van der Waals surface area contributed by atoms with Gasteiger partial charge in [0.2, 0.25) is 0 Å². The van der Waals surface area contributed by atoms with Crippen LogP contribution in [-0.4, -0.2) is 24.4 Å². The van der Waals surface area contributed by atoms with Crippen LogP contribution in [0, 0.1) is 0 Å². The number of nitrogens with zero attached hydrogens (tertiary/aromatic N) is 1. The van der Waals surface area contributed by atoms with Crippen LogP contribution in [0.4, 0.5) is 13.2 Å². The zero-order valence-electron chi connectivity index (χ0n) is 15.9. The molecule has 1 atom stereocenters. The van der Waals surface area contributed by atoms with Crippen LogP contribution in [0.2, 0.25) is 5.02 Å². The number of hydrogen-bond acceptors (Lipinski definition) is 2. The van der Waals surface area contributed by atoms with Gasteiger partial charge in [-0.05, 0) is 49.7 Å². The van der Waals surface area contributed by atoms with Gasteiger partial charge < -0.3 is 5.32 Å². The summed E-state index contributed by atoms with van der Waals surface area (Å²) in [6, 6.07) is 11.5. The van der Waals surface area contributed by atoms with E-state index >= 15 is 0 Å². The minimum absolute atomic E-state index is 0. The van der Waals surface area contributed by atoms with Crippen LogP contribution in [0.3, 0.4) is 0 Å². The quantitative estimate of drug-likeness (QED) is 0.636. The first kappa shape index (κ1) is 23.5. The number of benzene rings is 2. The Morgan fingerprint density at radius 1 is 1.17 bits per heavy atom. The van der Waals surface area contributed by atoms with Gasteiger partial charge in [-0.3, -0.25) is 9.69 Å². The minimum atomic E-state index is -4.61. The number of alkyl halides is 3. The molecule has 1 aliphatic rings. The summed E-state index contributed by atoms with van der Waals surface area (Å²) in [4.78, 5) is 14.8. The predicted octanol–water partition coefficient (Wildman–Crippen LogP) is 5.87. The highest BCUT2D eigenvalue weighted by atomic mass is 35.5. The fraction of sp³-hybridized carbons (Fsp3) is 0.381. The summed E-state index contributed by atoms with van der Waals surface area (Å²) in [5.74, 6) is -0.622. The lowest BCUT2D eigenvalue weighted by atomic mass is 9.92. The van der Waals surface area contributed by atoms with Gasteiger partial charge in [0, 0.05) is 12.6 Å². The number of carbonyl (C=O) groups excluding carboxylic acids is 1. The van der Waals surface area contributed by atoms with Crippen molar-refractivity contribution in [2.24, 2.45) is 0 Å². The molecule has 1 fully saturated rings. The molecule has 1 amide bonds. The molecule has 3 nitrogen and oxygen atoms in total. The molecule has 0 bridgehead atoms. The van der Waals surface area contributed by atoms with Crippen molar-refractivity contribution in [3.8, 4) is 0 Å². The second-order valence-corrected chi connectivity index (χ2v) is 7.42. The number of carbonyl (C=O) groups is 1. The largest absolute Gasteiger partial charge is 0.417 e. The van der Waals surface area contributed by atoms with E-state index in [9.17, 15) is 18.0 Å². The molecular weight excluding hydrogens is 424 g/mol. The lowest BCUT2D eigenvalue weighted by molar-refractivity contribution is -0.137. The van der Waals surface area contributed by atoms with Gasteiger partial charge in [0.25, 0.3) is 5.91 Å². The number of rotatable bonds is 4. The van der Waals surface area contributed by atoms with Crippen LogP contribution in [-0.2, 0) is 12.7 Å². The first-order valence-corrected chi connectivity index (χ1v) is 9.59. The molecule has 29 heavy (non-hydrogen) atoms. The van der Waals surface area contributed by atoms with E-state index < -0.39 is 22.7 Å². The van der Waals surface area contributed by atoms with Crippen molar-refractivity contribution in [3.63, 3.8) is 0 Å². The molecule has 1 aliphatic heterocycles. The fourth-order valence-electron chi connectivity index (χ4n) is 3.69. The smallest absolute Gasteiger partial charge is 0.348 e. The topological polar surface area (TPSA) is 32.3 Å². The molecule has 2 aromatic carbocycles. The Balaban J connectivity index is 0.00000300. The number of halogens is 5. The highest BCUT2D eigenvalue weighted by Gasteiger charge is 2.34. The summed E-state index contributed by atoms with van der Waals surface area (Å²) in [6.45, 7) is 1.25. The highest BCUT2D eigenvalue weighted by Crippen LogP contribution is 2.36. The van der Waals surface area contributed by atoms with Gasteiger partial charge in [-0.25, -0.2) is 0 Å². The molecule has 158 valence electrons. The fourth-order valence-corrected chi connectivity index (χ4v) is 4.00. The predicted molar refractivity (Wildman–Crippen MR) is 111 cm³/mol. The molecule has 0 aliphatic carbocycles. The van der Waals surface area contributed by atoms with Crippen LogP contribution < -0.4 is 5.32 Å². The maximum Gasteiger partial charge on any atom is 0.417 e. The van der Waals surface area contributed by atoms with E-state index in [0.717, 1.165) is 36.6 Å². The van der Waals surface area contributed by atoms with Gasteiger partial charge >= 0.3 is 6.18 Å². The lowest BCUT2D eigenvalue weighted by Gasteiger charge is -2.34.